The Morgan fingerprint density at radius 3 is 2.55 bits per heavy atom. The highest BCUT2D eigenvalue weighted by atomic mass is 32.2. The summed E-state index contributed by atoms with van der Waals surface area (Å²) < 4.78 is 1.39. The number of hydrogen-bond acceptors (Lipinski definition) is 7. The standard InChI is InChI=1S/C11H14N6O2S/c1-5-7(12-3)13-6(2)14-10(5)20-11-15-8(18)9(19)16-17(11)4/h1-4H3,(H,16,19)(H,12,13,14). The second-order valence-electron chi connectivity index (χ2n) is 4.10. The minimum Gasteiger partial charge on any atom is -0.373 e. The number of rotatable bonds is 3. The van der Waals surface area contributed by atoms with Gasteiger partial charge in [0.15, 0.2) is 5.16 Å². The Bertz CT molecular complexity index is 766. The van der Waals surface area contributed by atoms with Crippen molar-refractivity contribution in [2.75, 3.05) is 12.4 Å². The maximum atomic E-state index is 11.3. The van der Waals surface area contributed by atoms with E-state index in [1.807, 2.05) is 6.92 Å². The van der Waals surface area contributed by atoms with Gasteiger partial charge in [0, 0.05) is 19.7 Å². The van der Waals surface area contributed by atoms with Crippen LogP contribution in [0.15, 0.2) is 19.8 Å². The summed E-state index contributed by atoms with van der Waals surface area (Å²) in [5.41, 5.74) is -0.713. The number of anilines is 1. The molecule has 0 atom stereocenters. The summed E-state index contributed by atoms with van der Waals surface area (Å²) in [4.78, 5) is 34.8. The van der Waals surface area contributed by atoms with Crippen LogP contribution in [0.2, 0.25) is 0 Å². The zero-order valence-corrected chi connectivity index (χ0v) is 12.3. The number of aromatic nitrogens is 5. The molecule has 9 heteroatoms. The second kappa shape index (κ2) is 5.45. The molecule has 0 aliphatic carbocycles. The van der Waals surface area contributed by atoms with E-state index in [0.29, 0.717) is 16.0 Å². The predicted molar refractivity (Wildman–Crippen MR) is 75.3 cm³/mol. The van der Waals surface area contributed by atoms with Crippen LogP contribution in [0, 0.1) is 13.8 Å². The van der Waals surface area contributed by atoms with Gasteiger partial charge in [0.25, 0.3) is 0 Å². The summed E-state index contributed by atoms with van der Waals surface area (Å²) in [7, 11) is 3.38. The van der Waals surface area contributed by atoms with E-state index in [0.717, 1.165) is 11.4 Å². The molecule has 0 spiro atoms. The van der Waals surface area contributed by atoms with Crippen LogP contribution in [0.3, 0.4) is 0 Å². The van der Waals surface area contributed by atoms with Crippen LogP contribution in [0.1, 0.15) is 11.4 Å². The van der Waals surface area contributed by atoms with E-state index in [1.165, 1.54) is 16.4 Å². The van der Waals surface area contributed by atoms with E-state index in [2.05, 4.69) is 25.4 Å². The minimum atomic E-state index is -0.817. The number of nitrogens with one attached hydrogen (secondary N) is 2. The third-order valence-corrected chi connectivity index (χ3v) is 3.72. The molecule has 20 heavy (non-hydrogen) atoms. The van der Waals surface area contributed by atoms with Crippen LogP contribution in [0.5, 0.6) is 0 Å². The number of aromatic amines is 1. The summed E-state index contributed by atoms with van der Waals surface area (Å²) in [6.45, 7) is 3.65. The lowest BCUT2D eigenvalue weighted by molar-refractivity contribution is 0.596. The van der Waals surface area contributed by atoms with Gasteiger partial charge in [-0.15, -0.1) is 0 Å². The molecule has 0 radical (unpaired) electrons. The van der Waals surface area contributed by atoms with E-state index in [1.54, 1.807) is 21.0 Å². The molecule has 2 heterocycles. The Kier molecular flexibility index (Phi) is 3.89. The molecule has 2 aromatic heterocycles. The van der Waals surface area contributed by atoms with Crippen molar-refractivity contribution in [2.45, 2.75) is 24.0 Å². The average Bonchev–Trinajstić information content (AvgIpc) is 2.39. The number of nitrogens with zero attached hydrogens (tertiary/aromatic N) is 4. The van der Waals surface area contributed by atoms with Crippen LogP contribution in [-0.4, -0.2) is 31.8 Å². The van der Waals surface area contributed by atoms with Crippen molar-refractivity contribution in [3.63, 3.8) is 0 Å². The molecule has 0 aliphatic heterocycles. The van der Waals surface area contributed by atoms with Gasteiger partial charge in [0.1, 0.15) is 16.7 Å². The monoisotopic (exact) mass is 294 g/mol. The van der Waals surface area contributed by atoms with Gasteiger partial charge in [-0.3, -0.25) is 19.4 Å². The first-order chi connectivity index (χ1) is 9.42. The van der Waals surface area contributed by atoms with Crippen LogP contribution in [0.25, 0.3) is 0 Å². The molecule has 0 fully saturated rings. The van der Waals surface area contributed by atoms with Crippen molar-refractivity contribution in [1.29, 1.82) is 0 Å². The largest absolute Gasteiger partial charge is 0.373 e. The summed E-state index contributed by atoms with van der Waals surface area (Å²) in [6, 6.07) is 0. The van der Waals surface area contributed by atoms with Gasteiger partial charge in [-0.1, -0.05) is 0 Å². The van der Waals surface area contributed by atoms with E-state index in [4.69, 9.17) is 0 Å². The van der Waals surface area contributed by atoms with Gasteiger partial charge < -0.3 is 5.32 Å². The fraction of sp³-hybridized carbons (Fsp3) is 0.364. The SMILES string of the molecule is CNc1nc(C)nc(Sc2nc(=O)c(=O)[nH]n2C)c1C. The van der Waals surface area contributed by atoms with Crippen LogP contribution < -0.4 is 16.4 Å². The Morgan fingerprint density at radius 2 is 1.90 bits per heavy atom. The Hall–Kier alpha value is -2.16. The maximum Gasteiger partial charge on any atom is 0.339 e. The van der Waals surface area contributed by atoms with Crippen molar-refractivity contribution >= 4 is 17.6 Å². The van der Waals surface area contributed by atoms with E-state index < -0.39 is 11.1 Å². The highest BCUT2D eigenvalue weighted by molar-refractivity contribution is 7.99. The molecule has 0 bridgehead atoms. The number of aryl methyl sites for hydroxylation is 2. The summed E-state index contributed by atoms with van der Waals surface area (Å²) in [6.07, 6.45) is 0. The molecular formula is C11H14N6O2S. The molecule has 8 nitrogen and oxygen atoms in total. The second-order valence-corrected chi connectivity index (χ2v) is 5.06. The molecule has 2 rings (SSSR count). The van der Waals surface area contributed by atoms with Gasteiger partial charge in [-0.25, -0.2) is 9.97 Å². The minimum absolute atomic E-state index is 0.359. The van der Waals surface area contributed by atoms with E-state index in [9.17, 15) is 9.59 Å². The third kappa shape index (κ3) is 2.72. The maximum absolute atomic E-state index is 11.3. The van der Waals surface area contributed by atoms with Crippen molar-refractivity contribution in [3.8, 4) is 0 Å². The smallest absolute Gasteiger partial charge is 0.339 e. The molecule has 0 aliphatic rings. The molecule has 0 amide bonds. The predicted octanol–water partition coefficient (Wildman–Crippen LogP) is 0.0683. The van der Waals surface area contributed by atoms with Crippen LogP contribution >= 0.6 is 11.8 Å². The first kappa shape index (κ1) is 14.3. The van der Waals surface area contributed by atoms with Gasteiger partial charge >= 0.3 is 11.1 Å². The Balaban J connectivity index is 2.50. The normalized spacial score (nSPS) is 10.6. The fourth-order valence-electron chi connectivity index (χ4n) is 1.58. The number of H-pyrrole nitrogens is 1. The summed E-state index contributed by atoms with van der Waals surface area (Å²) in [5, 5.41) is 6.42. The van der Waals surface area contributed by atoms with Gasteiger partial charge in [-0.2, -0.15) is 4.98 Å². The van der Waals surface area contributed by atoms with Gasteiger partial charge in [0.05, 0.1) is 0 Å². The topological polar surface area (TPSA) is 106 Å². The third-order valence-electron chi connectivity index (χ3n) is 2.59. The average molecular weight is 294 g/mol. The van der Waals surface area contributed by atoms with Crippen molar-refractivity contribution in [1.82, 2.24) is 24.7 Å². The lowest BCUT2D eigenvalue weighted by atomic mass is 10.3. The molecule has 106 valence electrons. The van der Waals surface area contributed by atoms with Crippen molar-refractivity contribution < 1.29 is 0 Å². The zero-order chi connectivity index (χ0) is 14.9. The first-order valence-corrected chi connectivity index (χ1v) is 6.62. The fourth-order valence-corrected chi connectivity index (χ4v) is 2.50. The molecule has 0 aromatic carbocycles. The van der Waals surface area contributed by atoms with E-state index >= 15 is 0 Å². The molecule has 2 aromatic rings. The highest BCUT2D eigenvalue weighted by Gasteiger charge is 2.13. The van der Waals surface area contributed by atoms with Gasteiger partial charge in [0.2, 0.25) is 0 Å². The molecule has 0 saturated carbocycles. The van der Waals surface area contributed by atoms with E-state index in [-0.39, 0.29) is 0 Å². The molecular weight excluding hydrogens is 280 g/mol. The van der Waals surface area contributed by atoms with Crippen molar-refractivity contribution in [3.05, 3.63) is 32.1 Å². The lowest BCUT2D eigenvalue weighted by Crippen LogP contribution is -2.33. The van der Waals surface area contributed by atoms with Gasteiger partial charge in [-0.05, 0) is 25.6 Å². The molecule has 0 saturated heterocycles. The zero-order valence-electron chi connectivity index (χ0n) is 11.5. The van der Waals surface area contributed by atoms with Crippen LogP contribution in [-0.2, 0) is 7.05 Å². The molecule has 2 N–H and O–H groups in total. The first-order valence-electron chi connectivity index (χ1n) is 5.80. The summed E-state index contributed by atoms with van der Waals surface area (Å²) in [5.74, 6) is 1.33. The Labute approximate surface area is 118 Å². The summed E-state index contributed by atoms with van der Waals surface area (Å²) >= 11 is 1.20. The lowest BCUT2D eigenvalue weighted by Gasteiger charge is -2.11. The van der Waals surface area contributed by atoms with Crippen LogP contribution in [0.4, 0.5) is 5.82 Å². The number of hydrogen-bond donors (Lipinski definition) is 2. The Morgan fingerprint density at radius 1 is 1.20 bits per heavy atom. The van der Waals surface area contributed by atoms with Crippen molar-refractivity contribution in [2.24, 2.45) is 7.05 Å². The molecule has 0 unspecified atom stereocenters. The highest BCUT2D eigenvalue weighted by Crippen LogP contribution is 2.28. The quantitative estimate of drug-likeness (QED) is 0.609.